The van der Waals surface area contributed by atoms with E-state index in [9.17, 15) is 17.6 Å². The summed E-state index contributed by atoms with van der Waals surface area (Å²) >= 11 is 0. The fourth-order valence-corrected chi connectivity index (χ4v) is 4.97. The minimum atomic E-state index is -3.60. The molecule has 0 atom stereocenters. The summed E-state index contributed by atoms with van der Waals surface area (Å²) in [4.78, 5) is 14.7. The van der Waals surface area contributed by atoms with Crippen LogP contribution in [-0.2, 0) is 16.6 Å². The van der Waals surface area contributed by atoms with Crippen LogP contribution in [0.15, 0.2) is 53.4 Å². The summed E-state index contributed by atoms with van der Waals surface area (Å²) in [6.07, 6.45) is 2.75. The van der Waals surface area contributed by atoms with Gasteiger partial charge in [0.25, 0.3) is 5.91 Å². The number of rotatable bonds is 6. The molecule has 0 radical (unpaired) electrons. The molecule has 0 saturated carbocycles. The molecule has 0 aromatic heterocycles. The van der Waals surface area contributed by atoms with Gasteiger partial charge in [0.15, 0.2) is 0 Å². The van der Waals surface area contributed by atoms with E-state index in [1.54, 1.807) is 29.2 Å². The maximum Gasteiger partial charge on any atom is 0.254 e. The maximum atomic E-state index is 13.4. The number of hydrogen-bond donors (Lipinski definition) is 0. The molecule has 1 aliphatic rings. The van der Waals surface area contributed by atoms with E-state index in [1.807, 2.05) is 6.92 Å². The SMILES string of the molecule is CCN(Cc1cccc(F)c1)C(=O)c1cccc(S(=O)(=O)N2CCCCC2)c1. The second-order valence-corrected chi connectivity index (χ2v) is 8.88. The molecule has 1 fully saturated rings. The van der Waals surface area contributed by atoms with Crippen molar-refractivity contribution in [3.63, 3.8) is 0 Å². The van der Waals surface area contributed by atoms with E-state index in [0.717, 1.165) is 19.3 Å². The number of amides is 1. The van der Waals surface area contributed by atoms with Crippen molar-refractivity contribution in [2.45, 2.75) is 37.6 Å². The Kier molecular flexibility index (Phi) is 6.46. The molecule has 1 heterocycles. The summed E-state index contributed by atoms with van der Waals surface area (Å²) in [5.74, 6) is -0.627. The fourth-order valence-electron chi connectivity index (χ4n) is 3.41. The highest BCUT2D eigenvalue weighted by Gasteiger charge is 2.27. The van der Waals surface area contributed by atoms with Gasteiger partial charge in [-0.15, -0.1) is 0 Å². The van der Waals surface area contributed by atoms with Crippen LogP contribution in [0.3, 0.4) is 0 Å². The molecule has 2 aromatic carbocycles. The lowest BCUT2D eigenvalue weighted by molar-refractivity contribution is 0.0752. The average Bonchev–Trinajstić information content (AvgIpc) is 2.72. The van der Waals surface area contributed by atoms with Crippen LogP contribution in [0.5, 0.6) is 0 Å². The highest BCUT2D eigenvalue weighted by molar-refractivity contribution is 7.89. The molecule has 0 spiro atoms. The Morgan fingerprint density at radius 2 is 1.79 bits per heavy atom. The number of halogens is 1. The molecule has 1 aliphatic heterocycles. The van der Waals surface area contributed by atoms with Crippen LogP contribution in [0.2, 0.25) is 0 Å². The standard InChI is InChI=1S/C21H25FN2O3S/c1-2-23(16-17-8-6-10-19(22)14-17)21(25)18-9-7-11-20(15-18)28(26,27)24-12-4-3-5-13-24/h6-11,14-15H,2-5,12-13,16H2,1H3. The van der Waals surface area contributed by atoms with Crippen molar-refractivity contribution >= 4 is 15.9 Å². The predicted molar refractivity (Wildman–Crippen MR) is 106 cm³/mol. The lowest BCUT2D eigenvalue weighted by Gasteiger charge is -2.26. The van der Waals surface area contributed by atoms with Crippen LogP contribution in [0.4, 0.5) is 4.39 Å². The molecule has 3 rings (SSSR count). The molecular weight excluding hydrogens is 379 g/mol. The van der Waals surface area contributed by atoms with Crippen molar-refractivity contribution in [1.82, 2.24) is 9.21 Å². The number of carbonyl (C=O) groups is 1. The van der Waals surface area contributed by atoms with Gasteiger partial charge in [-0.2, -0.15) is 4.31 Å². The van der Waals surface area contributed by atoms with E-state index in [0.29, 0.717) is 30.8 Å². The van der Waals surface area contributed by atoms with Gasteiger partial charge in [0.2, 0.25) is 10.0 Å². The summed E-state index contributed by atoms with van der Waals surface area (Å²) in [6.45, 7) is 3.56. The van der Waals surface area contributed by atoms with Gasteiger partial charge in [-0.1, -0.05) is 24.6 Å². The zero-order valence-corrected chi connectivity index (χ0v) is 16.8. The lowest BCUT2D eigenvalue weighted by Crippen LogP contribution is -2.36. The molecule has 1 saturated heterocycles. The zero-order valence-electron chi connectivity index (χ0n) is 16.0. The normalized spacial score (nSPS) is 15.4. The first kappa shape index (κ1) is 20.5. The van der Waals surface area contributed by atoms with Crippen LogP contribution < -0.4 is 0 Å². The first-order chi connectivity index (χ1) is 13.4. The van der Waals surface area contributed by atoms with E-state index in [2.05, 4.69) is 0 Å². The summed E-state index contributed by atoms with van der Waals surface area (Å²) in [6, 6.07) is 12.3. The summed E-state index contributed by atoms with van der Waals surface area (Å²) < 4.78 is 40.7. The Hall–Kier alpha value is -2.25. The van der Waals surface area contributed by atoms with Crippen LogP contribution >= 0.6 is 0 Å². The number of carbonyl (C=O) groups excluding carboxylic acids is 1. The van der Waals surface area contributed by atoms with Gasteiger partial charge in [-0.3, -0.25) is 4.79 Å². The highest BCUT2D eigenvalue weighted by atomic mass is 32.2. The van der Waals surface area contributed by atoms with Gasteiger partial charge in [0.05, 0.1) is 4.90 Å². The van der Waals surface area contributed by atoms with Crippen molar-refractivity contribution in [3.8, 4) is 0 Å². The molecule has 150 valence electrons. The third-order valence-electron chi connectivity index (χ3n) is 4.97. The van der Waals surface area contributed by atoms with Gasteiger partial charge in [0.1, 0.15) is 5.82 Å². The molecule has 0 N–H and O–H groups in total. The van der Waals surface area contributed by atoms with Crippen molar-refractivity contribution in [2.24, 2.45) is 0 Å². The molecular formula is C21H25FN2O3S. The van der Waals surface area contributed by atoms with Crippen molar-refractivity contribution in [1.29, 1.82) is 0 Å². The molecule has 0 bridgehead atoms. The minimum Gasteiger partial charge on any atom is -0.335 e. The zero-order chi connectivity index (χ0) is 20.1. The summed E-state index contributed by atoms with van der Waals surface area (Å²) in [5.41, 5.74) is 1.00. The van der Waals surface area contributed by atoms with Crippen LogP contribution in [-0.4, -0.2) is 43.2 Å². The average molecular weight is 405 g/mol. The van der Waals surface area contributed by atoms with Gasteiger partial charge < -0.3 is 4.90 Å². The number of piperidine rings is 1. The Bertz CT molecular complexity index is 940. The number of nitrogens with zero attached hydrogens (tertiary/aromatic N) is 2. The fraction of sp³-hybridized carbons (Fsp3) is 0.381. The third kappa shape index (κ3) is 4.59. The van der Waals surface area contributed by atoms with Gasteiger partial charge >= 0.3 is 0 Å². The molecule has 2 aromatic rings. The lowest BCUT2D eigenvalue weighted by atomic mass is 10.1. The number of hydrogen-bond acceptors (Lipinski definition) is 3. The molecule has 0 aliphatic carbocycles. The number of sulfonamides is 1. The first-order valence-electron chi connectivity index (χ1n) is 9.56. The predicted octanol–water partition coefficient (Wildman–Crippen LogP) is 3.66. The molecule has 0 unspecified atom stereocenters. The van der Waals surface area contributed by atoms with E-state index in [4.69, 9.17) is 0 Å². The Labute approximate surface area is 165 Å². The van der Waals surface area contributed by atoms with Gasteiger partial charge in [-0.25, -0.2) is 12.8 Å². The molecule has 5 nitrogen and oxygen atoms in total. The maximum absolute atomic E-state index is 13.4. The quantitative estimate of drug-likeness (QED) is 0.738. The third-order valence-corrected chi connectivity index (χ3v) is 6.86. The Balaban J connectivity index is 1.82. The molecule has 7 heteroatoms. The second kappa shape index (κ2) is 8.84. The van der Waals surface area contributed by atoms with Crippen LogP contribution in [0, 0.1) is 5.82 Å². The van der Waals surface area contributed by atoms with E-state index in [1.165, 1.54) is 28.6 Å². The smallest absolute Gasteiger partial charge is 0.254 e. The first-order valence-corrected chi connectivity index (χ1v) is 11.0. The van der Waals surface area contributed by atoms with E-state index < -0.39 is 10.0 Å². The summed E-state index contributed by atoms with van der Waals surface area (Å²) in [5, 5.41) is 0. The minimum absolute atomic E-state index is 0.141. The molecule has 1 amide bonds. The highest BCUT2D eigenvalue weighted by Crippen LogP contribution is 2.22. The monoisotopic (exact) mass is 404 g/mol. The van der Waals surface area contributed by atoms with E-state index in [-0.39, 0.29) is 23.2 Å². The topological polar surface area (TPSA) is 57.7 Å². The van der Waals surface area contributed by atoms with Crippen molar-refractivity contribution in [3.05, 3.63) is 65.5 Å². The largest absolute Gasteiger partial charge is 0.335 e. The summed E-state index contributed by atoms with van der Waals surface area (Å²) in [7, 11) is -3.60. The Morgan fingerprint density at radius 3 is 2.46 bits per heavy atom. The van der Waals surface area contributed by atoms with Gasteiger partial charge in [-0.05, 0) is 55.7 Å². The number of benzene rings is 2. The van der Waals surface area contributed by atoms with Crippen molar-refractivity contribution < 1.29 is 17.6 Å². The van der Waals surface area contributed by atoms with Crippen LogP contribution in [0.25, 0.3) is 0 Å². The Morgan fingerprint density at radius 1 is 1.07 bits per heavy atom. The van der Waals surface area contributed by atoms with Crippen LogP contribution in [0.1, 0.15) is 42.1 Å². The van der Waals surface area contributed by atoms with Gasteiger partial charge in [0, 0.05) is 31.7 Å². The van der Waals surface area contributed by atoms with Crippen molar-refractivity contribution in [2.75, 3.05) is 19.6 Å². The van der Waals surface area contributed by atoms with E-state index >= 15 is 0 Å². The second-order valence-electron chi connectivity index (χ2n) is 6.94. The molecule has 28 heavy (non-hydrogen) atoms.